The van der Waals surface area contributed by atoms with Crippen LogP contribution in [0.25, 0.3) is 0 Å². The fraction of sp³-hybridized carbons (Fsp3) is 0.182. The fourth-order valence-corrected chi connectivity index (χ4v) is 3.43. The van der Waals surface area contributed by atoms with Gasteiger partial charge >= 0.3 is 0 Å². The van der Waals surface area contributed by atoms with Gasteiger partial charge < -0.3 is 9.73 Å². The minimum atomic E-state index is -1.19. The van der Waals surface area contributed by atoms with Crippen molar-refractivity contribution < 1.29 is 14.0 Å². The smallest absolute Gasteiger partial charge is 0.259 e. The van der Waals surface area contributed by atoms with E-state index < -0.39 is 5.54 Å². The summed E-state index contributed by atoms with van der Waals surface area (Å²) in [6.45, 7) is 3.96. The Hall–Kier alpha value is -3.34. The molecular weight excluding hydrogens is 340 g/mol. The van der Waals surface area contributed by atoms with Crippen molar-refractivity contribution in [3.8, 4) is 0 Å². The zero-order chi connectivity index (χ0) is 19.0. The van der Waals surface area contributed by atoms with Crippen LogP contribution in [0.4, 0.5) is 11.4 Å². The highest BCUT2D eigenvalue weighted by Gasteiger charge is 2.60. The van der Waals surface area contributed by atoms with Gasteiger partial charge in [0.2, 0.25) is 5.91 Å². The summed E-state index contributed by atoms with van der Waals surface area (Å²) in [7, 11) is 0. The Morgan fingerprint density at radius 3 is 2.19 bits per heavy atom. The molecule has 0 spiro atoms. The molecule has 3 aromatic rings. The number of nitrogens with zero attached hydrogens (tertiary/aromatic N) is 1. The second kappa shape index (κ2) is 6.43. The number of hydrogen-bond acceptors (Lipinski definition) is 3. The summed E-state index contributed by atoms with van der Waals surface area (Å²) in [6, 6.07) is 18.6. The predicted octanol–water partition coefficient (Wildman–Crippen LogP) is 4.17. The molecule has 27 heavy (non-hydrogen) atoms. The zero-order valence-electron chi connectivity index (χ0n) is 15.2. The summed E-state index contributed by atoms with van der Waals surface area (Å²) in [4.78, 5) is 27.4. The third-order valence-corrected chi connectivity index (χ3v) is 4.94. The molecule has 0 radical (unpaired) electrons. The van der Waals surface area contributed by atoms with Crippen LogP contribution in [0.5, 0.6) is 0 Å². The van der Waals surface area contributed by atoms with E-state index in [1.807, 2.05) is 62.4 Å². The Morgan fingerprint density at radius 2 is 1.63 bits per heavy atom. The molecule has 1 aliphatic heterocycles. The summed E-state index contributed by atoms with van der Waals surface area (Å²) in [5, 5.41) is 2.94. The molecule has 1 saturated heterocycles. The van der Waals surface area contributed by atoms with Gasteiger partial charge in [-0.2, -0.15) is 0 Å². The van der Waals surface area contributed by atoms with Gasteiger partial charge in [0.25, 0.3) is 5.91 Å². The Bertz CT molecular complexity index is 975. The summed E-state index contributed by atoms with van der Waals surface area (Å²) in [5.74, 6) is 0.0445. The van der Waals surface area contributed by atoms with E-state index in [0.717, 1.165) is 11.1 Å². The normalized spacial score (nSPS) is 18.9. The molecule has 0 saturated carbocycles. The SMILES string of the molecule is Cc1ccc(NC(=O)C2(c3ccco3)CC(=O)N2c2ccc(C)cc2)cc1. The van der Waals surface area contributed by atoms with Crippen LogP contribution in [-0.2, 0) is 15.1 Å². The summed E-state index contributed by atoms with van der Waals surface area (Å²) < 4.78 is 5.59. The Labute approximate surface area is 157 Å². The first-order chi connectivity index (χ1) is 13.0. The van der Waals surface area contributed by atoms with E-state index in [0.29, 0.717) is 17.1 Å². The van der Waals surface area contributed by atoms with Gasteiger partial charge in [0.1, 0.15) is 5.76 Å². The molecule has 2 heterocycles. The third-order valence-electron chi connectivity index (χ3n) is 4.94. The number of β-lactam (4-membered cyclic amide) rings is 1. The average molecular weight is 360 g/mol. The Morgan fingerprint density at radius 1 is 1.00 bits per heavy atom. The molecule has 1 aromatic heterocycles. The van der Waals surface area contributed by atoms with Crippen molar-refractivity contribution in [3.63, 3.8) is 0 Å². The molecule has 0 bridgehead atoms. The molecule has 4 rings (SSSR count). The number of nitrogens with one attached hydrogen (secondary N) is 1. The summed E-state index contributed by atoms with van der Waals surface area (Å²) in [5.41, 5.74) is 2.35. The van der Waals surface area contributed by atoms with Crippen LogP contribution in [0.1, 0.15) is 23.3 Å². The lowest BCUT2D eigenvalue weighted by molar-refractivity contribution is -0.138. The predicted molar refractivity (Wildman–Crippen MR) is 103 cm³/mol. The monoisotopic (exact) mass is 360 g/mol. The largest absolute Gasteiger partial charge is 0.466 e. The first-order valence-electron chi connectivity index (χ1n) is 8.82. The van der Waals surface area contributed by atoms with Gasteiger partial charge in [-0.05, 0) is 50.2 Å². The number of aryl methyl sites for hydroxylation is 2. The van der Waals surface area contributed by atoms with E-state index in [4.69, 9.17) is 4.42 Å². The number of benzene rings is 2. The number of hydrogen-bond donors (Lipinski definition) is 1. The van der Waals surface area contributed by atoms with Crippen LogP contribution in [-0.4, -0.2) is 11.8 Å². The van der Waals surface area contributed by atoms with Gasteiger partial charge in [0.15, 0.2) is 5.54 Å². The molecule has 2 aromatic carbocycles. The minimum absolute atomic E-state index is 0.0616. The third kappa shape index (κ3) is 2.81. The molecule has 136 valence electrons. The number of anilines is 2. The molecule has 5 heteroatoms. The molecule has 1 atom stereocenters. The van der Waals surface area contributed by atoms with E-state index in [2.05, 4.69) is 5.32 Å². The van der Waals surface area contributed by atoms with Gasteiger partial charge in [-0.25, -0.2) is 0 Å². The van der Waals surface area contributed by atoms with E-state index in [1.165, 1.54) is 11.2 Å². The fourth-order valence-electron chi connectivity index (χ4n) is 3.43. The summed E-state index contributed by atoms with van der Waals surface area (Å²) in [6.07, 6.45) is 1.58. The molecule has 1 aliphatic rings. The number of furan rings is 1. The lowest BCUT2D eigenvalue weighted by atomic mass is 9.79. The molecular formula is C22H20N2O3. The Kier molecular flexibility index (Phi) is 4.07. The molecule has 1 fully saturated rings. The van der Waals surface area contributed by atoms with Crippen LogP contribution >= 0.6 is 0 Å². The average Bonchev–Trinajstić information content (AvgIpc) is 3.18. The highest BCUT2D eigenvalue weighted by atomic mass is 16.3. The van der Waals surface area contributed by atoms with E-state index in [9.17, 15) is 9.59 Å². The Balaban J connectivity index is 1.74. The van der Waals surface area contributed by atoms with Crippen molar-refractivity contribution in [1.82, 2.24) is 0 Å². The van der Waals surface area contributed by atoms with Crippen molar-refractivity contribution in [2.45, 2.75) is 25.8 Å². The maximum atomic E-state index is 13.3. The molecule has 0 aliphatic carbocycles. The van der Waals surface area contributed by atoms with Crippen molar-refractivity contribution >= 4 is 23.2 Å². The number of rotatable bonds is 4. The van der Waals surface area contributed by atoms with Crippen LogP contribution < -0.4 is 10.2 Å². The van der Waals surface area contributed by atoms with Gasteiger partial charge in [-0.1, -0.05) is 35.4 Å². The van der Waals surface area contributed by atoms with Crippen LogP contribution in [0.2, 0.25) is 0 Å². The van der Waals surface area contributed by atoms with E-state index in [1.54, 1.807) is 12.1 Å². The summed E-state index contributed by atoms with van der Waals surface area (Å²) >= 11 is 0. The maximum Gasteiger partial charge on any atom is 0.259 e. The number of carbonyl (C=O) groups is 2. The van der Waals surface area contributed by atoms with Crippen molar-refractivity contribution in [2.24, 2.45) is 0 Å². The molecule has 2 amide bonds. The van der Waals surface area contributed by atoms with Crippen molar-refractivity contribution in [3.05, 3.63) is 83.8 Å². The first kappa shape index (κ1) is 17.1. The highest BCUT2D eigenvalue weighted by molar-refractivity contribution is 6.16. The standard InChI is InChI=1S/C22H20N2O3/c1-15-5-9-17(10-6-15)23-21(26)22(19-4-3-13-27-19)14-20(25)24(22)18-11-7-16(2)8-12-18/h3-13H,14H2,1-2H3,(H,23,26). The van der Waals surface area contributed by atoms with Gasteiger partial charge in [0.05, 0.1) is 12.7 Å². The van der Waals surface area contributed by atoms with E-state index in [-0.39, 0.29) is 18.2 Å². The lowest BCUT2D eigenvalue weighted by Gasteiger charge is -2.48. The minimum Gasteiger partial charge on any atom is -0.466 e. The number of amides is 2. The quantitative estimate of drug-likeness (QED) is 0.711. The topological polar surface area (TPSA) is 62.6 Å². The molecule has 1 N–H and O–H groups in total. The second-order valence-electron chi connectivity index (χ2n) is 6.90. The van der Waals surface area contributed by atoms with Crippen LogP contribution in [0.15, 0.2) is 71.3 Å². The van der Waals surface area contributed by atoms with Gasteiger partial charge in [-0.3, -0.25) is 14.5 Å². The van der Waals surface area contributed by atoms with E-state index >= 15 is 0 Å². The first-order valence-corrected chi connectivity index (χ1v) is 8.82. The highest BCUT2D eigenvalue weighted by Crippen LogP contribution is 2.45. The number of carbonyl (C=O) groups excluding carboxylic acids is 2. The van der Waals surface area contributed by atoms with Crippen molar-refractivity contribution in [1.29, 1.82) is 0 Å². The van der Waals surface area contributed by atoms with Gasteiger partial charge in [0, 0.05) is 11.4 Å². The maximum absolute atomic E-state index is 13.3. The van der Waals surface area contributed by atoms with Crippen molar-refractivity contribution in [2.75, 3.05) is 10.2 Å². The molecule has 5 nitrogen and oxygen atoms in total. The van der Waals surface area contributed by atoms with Gasteiger partial charge in [-0.15, -0.1) is 0 Å². The zero-order valence-corrected chi connectivity index (χ0v) is 15.2. The second-order valence-corrected chi connectivity index (χ2v) is 6.90. The van der Waals surface area contributed by atoms with Crippen LogP contribution in [0, 0.1) is 13.8 Å². The van der Waals surface area contributed by atoms with Crippen LogP contribution in [0.3, 0.4) is 0 Å². The lowest BCUT2D eigenvalue weighted by Crippen LogP contribution is -2.67. The molecule has 1 unspecified atom stereocenters.